The first kappa shape index (κ1) is 25.6. The lowest BCUT2D eigenvalue weighted by Gasteiger charge is -2.17. The van der Waals surface area contributed by atoms with E-state index in [2.05, 4.69) is 20.9 Å². The van der Waals surface area contributed by atoms with Gasteiger partial charge in [-0.15, -0.1) is 24.0 Å². The number of rotatable bonds is 10. The fourth-order valence-electron chi connectivity index (χ4n) is 2.21. The molecule has 1 rings (SSSR count). The predicted octanol–water partition coefficient (Wildman–Crippen LogP) is 1.34. The molecule has 0 aromatic heterocycles. The minimum Gasteiger partial charge on any atom is -0.357 e. The standard InChI is InChI=1S/C18H30N4O3S.HI/c1-4-19-18(22-15(2)11-13-26(3,24)25)21-14-17(23)20-12-10-16-8-6-5-7-9-16;/h5-9,15H,4,10-14H2,1-3H3,(H,20,23)(H2,19,21,22);1H. The molecule has 1 aromatic rings. The monoisotopic (exact) mass is 510 g/mol. The Balaban J connectivity index is 0.00000676. The molecule has 3 N–H and O–H groups in total. The summed E-state index contributed by atoms with van der Waals surface area (Å²) in [5, 5.41) is 9.03. The van der Waals surface area contributed by atoms with Crippen molar-refractivity contribution in [2.24, 2.45) is 4.99 Å². The highest BCUT2D eigenvalue weighted by Gasteiger charge is 2.10. The van der Waals surface area contributed by atoms with Gasteiger partial charge in [0, 0.05) is 25.4 Å². The Labute approximate surface area is 179 Å². The van der Waals surface area contributed by atoms with Crippen molar-refractivity contribution in [1.29, 1.82) is 0 Å². The Morgan fingerprint density at radius 1 is 1.19 bits per heavy atom. The number of hydrogen-bond donors (Lipinski definition) is 3. The second-order valence-electron chi connectivity index (χ2n) is 6.24. The van der Waals surface area contributed by atoms with Crippen LogP contribution in [-0.2, 0) is 21.1 Å². The van der Waals surface area contributed by atoms with E-state index in [9.17, 15) is 13.2 Å². The number of nitrogens with one attached hydrogen (secondary N) is 3. The van der Waals surface area contributed by atoms with E-state index in [-0.39, 0.29) is 48.2 Å². The Hall–Kier alpha value is -1.36. The first-order valence-corrected chi connectivity index (χ1v) is 10.9. The molecule has 0 heterocycles. The molecule has 1 unspecified atom stereocenters. The van der Waals surface area contributed by atoms with Crippen LogP contribution in [0, 0.1) is 0 Å². The van der Waals surface area contributed by atoms with Gasteiger partial charge in [0.15, 0.2) is 5.96 Å². The van der Waals surface area contributed by atoms with Gasteiger partial charge in [-0.25, -0.2) is 13.4 Å². The molecule has 1 atom stereocenters. The quantitative estimate of drug-likeness (QED) is 0.251. The molecule has 0 fully saturated rings. The number of guanidine groups is 1. The molecular formula is C18H31IN4O3S. The minimum atomic E-state index is -2.99. The molecule has 0 aliphatic carbocycles. The molecule has 9 heteroatoms. The molecule has 0 bridgehead atoms. The van der Waals surface area contributed by atoms with E-state index in [4.69, 9.17) is 0 Å². The predicted molar refractivity (Wildman–Crippen MR) is 121 cm³/mol. The highest BCUT2D eigenvalue weighted by Crippen LogP contribution is 1.98. The number of amides is 1. The zero-order valence-electron chi connectivity index (χ0n) is 16.2. The van der Waals surface area contributed by atoms with Crippen LogP contribution in [-0.4, -0.2) is 58.0 Å². The maximum atomic E-state index is 11.9. The number of sulfone groups is 1. The fraction of sp³-hybridized carbons (Fsp3) is 0.556. The molecule has 7 nitrogen and oxygen atoms in total. The Kier molecular flexibility index (Phi) is 13.1. The third-order valence-electron chi connectivity index (χ3n) is 3.61. The van der Waals surface area contributed by atoms with Crippen molar-refractivity contribution in [2.75, 3.05) is 31.6 Å². The van der Waals surface area contributed by atoms with Gasteiger partial charge >= 0.3 is 0 Å². The van der Waals surface area contributed by atoms with Gasteiger partial charge in [0.1, 0.15) is 16.4 Å². The van der Waals surface area contributed by atoms with Crippen molar-refractivity contribution in [3.63, 3.8) is 0 Å². The first-order valence-electron chi connectivity index (χ1n) is 8.83. The molecule has 1 amide bonds. The van der Waals surface area contributed by atoms with E-state index in [0.29, 0.717) is 25.5 Å². The Morgan fingerprint density at radius 2 is 1.85 bits per heavy atom. The SMILES string of the molecule is CCNC(=NCC(=O)NCCc1ccccc1)NC(C)CCS(C)(=O)=O.I. The van der Waals surface area contributed by atoms with E-state index >= 15 is 0 Å². The maximum Gasteiger partial charge on any atom is 0.241 e. The Morgan fingerprint density at radius 3 is 2.44 bits per heavy atom. The second kappa shape index (κ2) is 13.8. The summed E-state index contributed by atoms with van der Waals surface area (Å²) < 4.78 is 22.5. The average molecular weight is 510 g/mol. The molecular weight excluding hydrogens is 479 g/mol. The van der Waals surface area contributed by atoms with Crippen molar-refractivity contribution in [3.05, 3.63) is 35.9 Å². The van der Waals surface area contributed by atoms with Crippen molar-refractivity contribution in [2.45, 2.75) is 32.7 Å². The highest BCUT2D eigenvalue weighted by atomic mass is 127. The summed E-state index contributed by atoms with van der Waals surface area (Å²) in [5.74, 6) is 0.467. The molecule has 0 aliphatic heterocycles. The summed E-state index contributed by atoms with van der Waals surface area (Å²) in [5.41, 5.74) is 1.17. The van der Waals surface area contributed by atoms with E-state index in [1.54, 1.807) is 0 Å². The van der Waals surface area contributed by atoms with Crippen molar-refractivity contribution >= 4 is 45.7 Å². The van der Waals surface area contributed by atoms with E-state index in [1.165, 1.54) is 11.8 Å². The number of hydrogen-bond acceptors (Lipinski definition) is 4. The van der Waals surface area contributed by atoms with Crippen LogP contribution >= 0.6 is 24.0 Å². The molecule has 154 valence electrons. The van der Waals surface area contributed by atoms with Gasteiger partial charge in [-0.3, -0.25) is 4.79 Å². The van der Waals surface area contributed by atoms with Crippen LogP contribution in [0.3, 0.4) is 0 Å². The van der Waals surface area contributed by atoms with Crippen LogP contribution in [0.15, 0.2) is 35.3 Å². The zero-order chi connectivity index (χ0) is 19.4. The van der Waals surface area contributed by atoms with Gasteiger partial charge in [-0.05, 0) is 32.3 Å². The maximum absolute atomic E-state index is 11.9. The van der Waals surface area contributed by atoms with E-state index in [1.807, 2.05) is 44.2 Å². The largest absolute Gasteiger partial charge is 0.357 e. The van der Waals surface area contributed by atoms with Crippen LogP contribution in [0.5, 0.6) is 0 Å². The summed E-state index contributed by atoms with van der Waals surface area (Å²) in [4.78, 5) is 16.2. The summed E-state index contributed by atoms with van der Waals surface area (Å²) in [6.45, 7) is 5.05. The van der Waals surface area contributed by atoms with Crippen molar-refractivity contribution in [1.82, 2.24) is 16.0 Å². The van der Waals surface area contributed by atoms with Crippen molar-refractivity contribution in [3.8, 4) is 0 Å². The van der Waals surface area contributed by atoms with Crippen LogP contribution in [0.2, 0.25) is 0 Å². The fourth-order valence-corrected chi connectivity index (χ4v) is 3.00. The van der Waals surface area contributed by atoms with E-state index in [0.717, 1.165) is 6.42 Å². The lowest BCUT2D eigenvalue weighted by atomic mass is 10.1. The molecule has 0 aliphatic rings. The van der Waals surface area contributed by atoms with Crippen LogP contribution in [0.1, 0.15) is 25.8 Å². The number of benzene rings is 1. The van der Waals surface area contributed by atoms with Crippen LogP contribution in [0.25, 0.3) is 0 Å². The van der Waals surface area contributed by atoms with Crippen molar-refractivity contribution < 1.29 is 13.2 Å². The number of halogens is 1. The third kappa shape index (κ3) is 13.5. The lowest BCUT2D eigenvalue weighted by molar-refractivity contribution is -0.119. The normalized spacial score (nSPS) is 12.6. The second-order valence-corrected chi connectivity index (χ2v) is 8.50. The van der Waals surface area contributed by atoms with Gasteiger partial charge in [-0.2, -0.15) is 0 Å². The molecule has 0 radical (unpaired) electrons. The van der Waals surface area contributed by atoms with Gasteiger partial charge < -0.3 is 16.0 Å². The summed E-state index contributed by atoms with van der Waals surface area (Å²) in [7, 11) is -2.99. The number of nitrogens with zero attached hydrogens (tertiary/aromatic N) is 1. The Bertz CT molecular complexity index is 681. The average Bonchev–Trinajstić information content (AvgIpc) is 2.58. The lowest BCUT2D eigenvalue weighted by Crippen LogP contribution is -2.43. The first-order chi connectivity index (χ1) is 12.3. The molecule has 0 saturated heterocycles. The van der Waals surface area contributed by atoms with E-state index < -0.39 is 9.84 Å². The van der Waals surface area contributed by atoms with Crippen LogP contribution < -0.4 is 16.0 Å². The summed E-state index contributed by atoms with van der Waals surface area (Å²) in [6.07, 6.45) is 2.47. The van der Waals surface area contributed by atoms with Gasteiger partial charge in [0.05, 0.1) is 5.75 Å². The van der Waals surface area contributed by atoms with Crippen LogP contribution in [0.4, 0.5) is 0 Å². The molecule has 0 saturated carbocycles. The number of aliphatic imine (C=N–C) groups is 1. The number of carbonyl (C=O) groups is 1. The zero-order valence-corrected chi connectivity index (χ0v) is 19.3. The molecule has 27 heavy (non-hydrogen) atoms. The third-order valence-corrected chi connectivity index (χ3v) is 4.59. The topological polar surface area (TPSA) is 99.7 Å². The van der Waals surface area contributed by atoms with Gasteiger partial charge in [0.2, 0.25) is 5.91 Å². The summed E-state index contributed by atoms with van der Waals surface area (Å²) >= 11 is 0. The summed E-state index contributed by atoms with van der Waals surface area (Å²) in [6, 6.07) is 9.89. The minimum absolute atomic E-state index is 0. The van der Waals surface area contributed by atoms with Gasteiger partial charge in [0.25, 0.3) is 0 Å². The van der Waals surface area contributed by atoms with Gasteiger partial charge in [-0.1, -0.05) is 30.3 Å². The number of carbonyl (C=O) groups excluding carboxylic acids is 1. The highest BCUT2D eigenvalue weighted by molar-refractivity contribution is 14.0. The smallest absolute Gasteiger partial charge is 0.241 e. The molecule has 1 aromatic carbocycles. The molecule has 0 spiro atoms.